The molecule has 3 aliphatic heterocycles. The predicted octanol–water partition coefficient (Wildman–Crippen LogP) is 1.89. The number of ether oxygens (including phenoxy) is 1. The van der Waals surface area contributed by atoms with Crippen LogP contribution in [0, 0.1) is 0 Å². The lowest BCUT2D eigenvalue weighted by atomic mass is 10.0. The third-order valence-electron chi connectivity index (χ3n) is 5.78. The summed E-state index contributed by atoms with van der Waals surface area (Å²) in [6, 6.07) is 2.11. The van der Waals surface area contributed by atoms with E-state index in [1.54, 1.807) is 12.1 Å². The molecule has 8 nitrogen and oxygen atoms in total. The maximum atomic E-state index is 13.3. The highest BCUT2D eigenvalue weighted by molar-refractivity contribution is 6.06. The number of amides is 3. The molecule has 1 atom stereocenters. The molecule has 0 unspecified atom stereocenters. The number of morpholine rings is 1. The van der Waals surface area contributed by atoms with Crippen LogP contribution in [0.4, 0.5) is 5.69 Å². The number of fused-ring (bicyclic) bond motifs is 1. The van der Waals surface area contributed by atoms with E-state index < -0.39 is 36.5 Å². The van der Waals surface area contributed by atoms with Gasteiger partial charge in [-0.25, -0.2) is 0 Å². The fourth-order valence-electron chi connectivity index (χ4n) is 4.06. The highest BCUT2D eigenvalue weighted by atomic mass is 16.5. The van der Waals surface area contributed by atoms with E-state index in [-0.39, 0.29) is 54.9 Å². The highest BCUT2D eigenvalue weighted by Crippen LogP contribution is 2.32. The monoisotopic (exact) mass is 456 g/mol. The fourth-order valence-corrected chi connectivity index (χ4v) is 4.06. The number of carbonyl (C=O) groups excluding carboxylic acids is 3. The molecule has 3 heterocycles. The molecule has 2 aromatic rings. The van der Waals surface area contributed by atoms with E-state index in [2.05, 4.69) is 5.32 Å². The van der Waals surface area contributed by atoms with Crippen LogP contribution in [-0.2, 0) is 34.0 Å². The summed E-state index contributed by atoms with van der Waals surface area (Å²) >= 11 is 0. The topological polar surface area (TPSA) is 91.0 Å². The van der Waals surface area contributed by atoms with Crippen molar-refractivity contribution in [3.63, 3.8) is 0 Å². The number of anilines is 1. The van der Waals surface area contributed by atoms with Gasteiger partial charge in [0.25, 0.3) is 5.91 Å². The van der Waals surface area contributed by atoms with Crippen LogP contribution in [0.2, 0.25) is 0 Å². The molecule has 2 aromatic carbocycles. The average molecular weight is 457 g/mol. The predicted molar refractivity (Wildman–Crippen MR) is 122 cm³/mol. The van der Waals surface area contributed by atoms with Crippen LogP contribution >= 0.6 is 0 Å². The number of nitrogens with one attached hydrogen (secondary N) is 2. The maximum absolute atomic E-state index is 13.3. The zero-order valence-corrected chi connectivity index (χ0v) is 17.8. The van der Waals surface area contributed by atoms with Gasteiger partial charge in [0.2, 0.25) is 11.8 Å². The number of hydrogen-bond acceptors (Lipinski definition) is 6. The minimum atomic E-state index is -3.06. The third-order valence-corrected chi connectivity index (χ3v) is 5.78. The van der Waals surface area contributed by atoms with E-state index >= 15 is 0 Å². The van der Waals surface area contributed by atoms with Crippen molar-refractivity contribution in [1.29, 1.82) is 0 Å². The van der Waals surface area contributed by atoms with Crippen molar-refractivity contribution in [2.75, 3.05) is 31.6 Å². The van der Waals surface area contributed by atoms with Crippen LogP contribution in [0.25, 0.3) is 0 Å². The minimum absolute atomic E-state index is 0.111. The smallest absolute Gasteiger partial charge is 0.255 e. The van der Waals surface area contributed by atoms with Crippen molar-refractivity contribution in [2.45, 2.75) is 38.4 Å². The van der Waals surface area contributed by atoms with Crippen molar-refractivity contribution < 1.29 is 30.1 Å². The van der Waals surface area contributed by atoms with Crippen molar-refractivity contribution in [2.24, 2.45) is 0 Å². The van der Waals surface area contributed by atoms with Gasteiger partial charge >= 0.3 is 0 Å². The van der Waals surface area contributed by atoms with E-state index in [0.717, 1.165) is 4.90 Å². The lowest BCUT2D eigenvalue weighted by Crippen LogP contribution is -2.52. The summed E-state index contributed by atoms with van der Waals surface area (Å²) in [5, 5.41) is 4.89. The van der Waals surface area contributed by atoms with Gasteiger partial charge in [0.05, 0.1) is 18.7 Å². The molecule has 0 saturated carbocycles. The molecule has 172 valence electrons. The quantitative estimate of drug-likeness (QED) is 0.645. The Morgan fingerprint density at radius 1 is 1.12 bits per heavy atom. The van der Waals surface area contributed by atoms with Crippen LogP contribution in [0.15, 0.2) is 42.4 Å². The first-order valence-electron chi connectivity index (χ1n) is 14.7. The molecular formula is C25H28N4O4. The normalized spacial score (nSPS) is 27.7. The Morgan fingerprint density at radius 2 is 1.88 bits per heavy atom. The number of rotatable bonds is 6. The molecule has 2 N–H and O–H groups in total. The first-order chi connectivity index (χ1) is 19.3. The number of benzene rings is 2. The van der Waals surface area contributed by atoms with Crippen LogP contribution in [0.1, 0.15) is 50.8 Å². The van der Waals surface area contributed by atoms with Crippen molar-refractivity contribution in [3.8, 4) is 0 Å². The van der Waals surface area contributed by atoms with Gasteiger partial charge in [0, 0.05) is 61.4 Å². The number of imide groups is 1. The number of nitrogens with zero attached hydrogens (tertiary/aromatic N) is 2. The highest BCUT2D eigenvalue weighted by Gasteiger charge is 2.39. The van der Waals surface area contributed by atoms with Gasteiger partial charge in [-0.3, -0.25) is 24.6 Å². The summed E-state index contributed by atoms with van der Waals surface area (Å²) in [5.41, 5.74) is 1.35. The van der Waals surface area contributed by atoms with Crippen LogP contribution in [0.3, 0.4) is 0 Å². The second-order valence-electron chi connectivity index (χ2n) is 7.95. The summed E-state index contributed by atoms with van der Waals surface area (Å²) in [7, 11) is 0. The van der Waals surface area contributed by atoms with Gasteiger partial charge in [-0.05, 0) is 29.6 Å². The summed E-state index contributed by atoms with van der Waals surface area (Å²) in [6.45, 7) is 2.22. The second kappa shape index (κ2) is 9.33. The molecule has 2 fully saturated rings. The van der Waals surface area contributed by atoms with E-state index in [0.29, 0.717) is 43.1 Å². The standard InChI is InChI=1S/C25H28N4O4/c30-23-9-8-22(24(31)27-23)29-16-20-19(25(29)32)2-1-3-21(20)26-14-17-4-6-18(7-5-17)15-28-10-12-33-13-11-28/h1-7,22,26H,8-16H2,(H,27,30,31)/t22-/m1/s1/i4D,5D,6D,7D,8D2,9D2. The molecule has 8 heteroatoms. The zero-order chi connectivity index (χ0) is 29.9. The lowest BCUT2D eigenvalue weighted by Gasteiger charge is -2.29. The minimum Gasteiger partial charge on any atom is -0.381 e. The Morgan fingerprint density at radius 3 is 2.67 bits per heavy atom. The van der Waals surface area contributed by atoms with Crippen LogP contribution in [-0.4, -0.2) is 59.9 Å². The molecule has 33 heavy (non-hydrogen) atoms. The molecule has 0 aliphatic carbocycles. The van der Waals surface area contributed by atoms with Crippen LogP contribution < -0.4 is 10.6 Å². The molecule has 2 saturated heterocycles. The Kier molecular flexibility index (Phi) is 3.99. The summed E-state index contributed by atoms with van der Waals surface area (Å²) < 4.78 is 71.8. The SMILES string of the molecule is [2H]c1c([2H])c(CN2CCOCC2)c([2H])c([2H])c1CNc1cccc2c1CN([C@H]1C(=O)NC(=O)C([2H])([2H])C1([2H])[2H])C2=O. The van der Waals surface area contributed by atoms with Crippen molar-refractivity contribution in [1.82, 2.24) is 15.1 Å². The number of carbonyl (C=O) groups is 3. The molecule has 5 rings (SSSR count). The zero-order valence-electron chi connectivity index (χ0n) is 25.8. The Balaban J connectivity index is 1.40. The maximum Gasteiger partial charge on any atom is 0.255 e. The first-order valence-corrected chi connectivity index (χ1v) is 10.7. The van der Waals surface area contributed by atoms with Crippen LogP contribution in [0.5, 0.6) is 0 Å². The van der Waals surface area contributed by atoms with E-state index in [9.17, 15) is 14.4 Å². The van der Waals surface area contributed by atoms with Gasteiger partial charge in [-0.1, -0.05) is 30.2 Å². The molecule has 3 aliphatic rings. The van der Waals surface area contributed by atoms with Gasteiger partial charge in [0.15, 0.2) is 0 Å². The Bertz CT molecular complexity index is 1420. The lowest BCUT2D eigenvalue weighted by molar-refractivity contribution is -0.136. The Hall–Kier alpha value is -3.23. The fraction of sp³-hybridized carbons (Fsp3) is 0.400. The van der Waals surface area contributed by atoms with Gasteiger partial charge in [-0.2, -0.15) is 0 Å². The molecule has 0 aromatic heterocycles. The molecular weight excluding hydrogens is 420 g/mol. The second-order valence-corrected chi connectivity index (χ2v) is 7.95. The Labute approximate surface area is 204 Å². The summed E-state index contributed by atoms with van der Waals surface area (Å²) in [6.07, 6.45) is -6.07. The average Bonchev–Trinajstić information content (AvgIpc) is 3.26. The summed E-state index contributed by atoms with van der Waals surface area (Å²) in [4.78, 5) is 40.8. The van der Waals surface area contributed by atoms with Gasteiger partial charge < -0.3 is 15.0 Å². The van der Waals surface area contributed by atoms with Crippen molar-refractivity contribution >= 4 is 23.4 Å². The first kappa shape index (κ1) is 14.1. The third kappa shape index (κ3) is 4.62. The summed E-state index contributed by atoms with van der Waals surface area (Å²) in [5.74, 6) is -3.24. The molecule has 3 amide bonds. The largest absolute Gasteiger partial charge is 0.381 e. The van der Waals surface area contributed by atoms with E-state index in [4.69, 9.17) is 15.7 Å². The van der Waals surface area contributed by atoms with E-state index in [1.165, 1.54) is 6.07 Å². The molecule has 0 spiro atoms. The number of piperidine rings is 1. The number of hydrogen-bond donors (Lipinski definition) is 2. The van der Waals surface area contributed by atoms with E-state index in [1.807, 2.05) is 10.2 Å². The van der Waals surface area contributed by atoms with Gasteiger partial charge in [-0.15, -0.1) is 0 Å². The molecule has 0 bridgehead atoms. The van der Waals surface area contributed by atoms with Crippen molar-refractivity contribution in [3.05, 3.63) is 64.6 Å². The van der Waals surface area contributed by atoms with Gasteiger partial charge in [0.1, 0.15) is 6.04 Å². The molecule has 0 radical (unpaired) electrons.